The summed E-state index contributed by atoms with van der Waals surface area (Å²) in [5.74, 6) is -2.38. The number of nitrogens with one attached hydrogen (secondary N) is 1. The second-order valence-electron chi connectivity index (χ2n) is 11.5. The van der Waals surface area contributed by atoms with Crippen LogP contribution < -0.4 is 9.61 Å². The molecular formula is C32H34N5O10P. The number of ketones is 1. The van der Waals surface area contributed by atoms with E-state index >= 15 is 0 Å². The number of fused-ring (bicyclic) bond motifs is 1. The van der Waals surface area contributed by atoms with Crippen LogP contribution in [0.2, 0.25) is 0 Å². The van der Waals surface area contributed by atoms with Gasteiger partial charge in [0.25, 0.3) is 0 Å². The van der Waals surface area contributed by atoms with Crippen LogP contribution in [0.1, 0.15) is 25.8 Å². The first-order valence-electron chi connectivity index (χ1n) is 15.0. The van der Waals surface area contributed by atoms with Gasteiger partial charge in [0.1, 0.15) is 30.6 Å². The minimum Gasteiger partial charge on any atom is -0.460 e. The van der Waals surface area contributed by atoms with Gasteiger partial charge in [0.2, 0.25) is 11.6 Å². The number of rotatable bonds is 13. The molecule has 2 heterocycles. The number of esters is 1. The van der Waals surface area contributed by atoms with Gasteiger partial charge < -0.3 is 24.2 Å². The number of allylic oxidation sites excluding steroid dienone is 1. The molecular weight excluding hydrogens is 645 g/mol. The highest BCUT2D eigenvalue weighted by molar-refractivity contribution is 7.52. The lowest BCUT2D eigenvalue weighted by Crippen LogP contribution is -2.47. The van der Waals surface area contributed by atoms with Gasteiger partial charge in [-0.1, -0.05) is 85.7 Å². The summed E-state index contributed by atoms with van der Waals surface area (Å²) in [6.45, 7) is 2.33. The Morgan fingerprint density at radius 2 is 1.83 bits per heavy atom. The summed E-state index contributed by atoms with van der Waals surface area (Å²) in [5.41, 5.74) is 7.71. The monoisotopic (exact) mass is 679 g/mol. The van der Waals surface area contributed by atoms with E-state index in [1.165, 1.54) is 6.07 Å². The predicted octanol–water partition coefficient (Wildman–Crippen LogP) is 4.10. The molecule has 3 N–H and O–H groups in total. The SMILES string of the molecule is CC(C)[C@H](NP(=O)(OC[C@@]1(N=[N+]=[N-])O[C@@H](N2C=CC(=O)CC2=O)[C@H](O)[C@@H]1O)Oc1cccc2ccccc12)C(=O)OCc1ccccc1. The Morgan fingerprint density at radius 1 is 1.12 bits per heavy atom. The second-order valence-corrected chi connectivity index (χ2v) is 13.2. The van der Waals surface area contributed by atoms with Crippen molar-refractivity contribution in [3.05, 3.63) is 101 Å². The molecule has 0 spiro atoms. The van der Waals surface area contributed by atoms with Crippen molar-refractivity contribution < 1.29 is 47.7 Å². The molecule has 2 aliphatic rings. The van der Waals surface area contributed by atoms with Crippen LogP contribution in [0.3, 0.4) is 0 Å². The van der Waals surface area contributed by atoms with E-state index < -0.39 is 74.6 Å². The number of hydrogen-bond acceptors (Lipinski definition) is 11. The summed E-state index contributed by atoms with van der Waals surface area (Å²) >= 11 is 0. The Bertz CT molecular complexity index is 1790. The van der Waals surface area contributed by atoms with Gasteiger partial charge in [0, 0.05) is 16.5 Å². The van der Waals surface area contributed by atoms with E-state index in [-0.39, 0.29) is 12.4 Å². The smallest absolute Gasteiger partial charge is 0.459 e. The maximum Gasteiger partial charge on any atom is 0.459 e. The van der Waals surface area contributed by atoms with Gasteiger partial charge in [0.05, 0.1) is 13.0 Å². The molecule has 0 radical (unpaired) electrons. The van der Waals surface area contributed by atoms with E-state index in [2.05, 4.69) is 15.1 Å². The molecule has 1 fully saturated rings. The molecule has 5 rings (SSSR count). The quantitative estimate of drug-likeness (QED) is 0.0585. The molecule has 6 atom stereocenters. The highest BCUT2D eigenvalue weighted by Crippen LogP contribution is 2.49. The summed E-state index contributed by atoms with van der Waals surface area (Å²) < 4.78 is 37.7. The van der Waals surface area contributed by atoms with Crippen molar-refractivity contribution in [2.75, 3.05) is 6.61 Å². The maximum absolute atomic E-state index is 14.7. The fourth-order valence-electron chi connectivity index (χ4n) is 5.21. The highest BCUT2D eigenvalue weighted by Gasteiger charge is 2.58. The molecule has 16 heteroatoms. The van der Waals surface area contributed by atoms with Crippen LogP contribution in [-0.4, -0.2) is 69.6 Å². The standard InChI is InChI=1S/C32H34N5O10P/c1-20(2)27(31(42)44-18-21-9-4-3-5-10-21)34-48(43,47-25-14-8-12-22-11-6-7-13-24(22)25)45-19-32(35-36-33)29(41)28(40)30(46-32)37-16-15-23(38)17-26(37)39/h3-16,20,27-30,40-41H,17-19H2,1-2H3,(H,34,43)/t27-,28+,29-,30+,32+,48?/m0/s1. The Balaban J connectivity index is 1.45. The van der Waals surface area contributed by atoms with Crippen LogP contribution in [0, 0.1) is 5.92 Å². The van der Waals surface area contributed by atoms with Crippen LogP contribution >= 0.6 is 7.75 Å². The Morgan fingerprint density at radius 3 is 2.54 bits per heavy atom. The zero-order valence-corrected chi connectivity index (χ0v) is 26.9. The number of nitrogens with zero attached hydrogens (tertiary/aromatic N) is 4. The Kier molecular flexibility index (Phi) is 10.6. The summed E-state index contributed by atoms with van der Waals surface area (Å²) in [6, 6.07) is 19.8. The van der Waals surface area contributed by atoms with E-state index in [1.54, 1.807) is 62.4 Å². The molecule has 48 heavy (non-hydrogen) atoms. The number of azide groups is 1. The molecule has 1 saturated heterocycles. The van der Waals surface area contributed by atoms with Crippen LogP contribution in [0.25, 0.3) is 21.2 Å². The number of benzene rings is 3. The normalized spacial score (nSPS) is 24.3. The van der Waals surface area contributed by atoms with Gasteiger partial charge in [-0.25, -0.2) is 4.57 Å². The zero-order valence-electron chi connectivity index (χ0n) is 26.0. The van der Waals surface area contributed by atoms with Crippen molar-refractivity contribution in [2.24, 2.45) is 11.0 Å². The fourth-order valence-corrected chi connectivity index (χ4v) is 6.90. The Labute approximate surface area is 275 Å². The first-order valence-corrected chi connectivity index (χ1v) is 16.5. The average Bonchev–Trinajstić information content (AvgIpc) is 3.31. The lowest BCUT2D eigenvalue weighted by molar-refractivity contribution is -0.159. The minimum absolute atomic E-state index is 0.0610. The van der Waals surface area contributed by atoms with E-state index in [4.69, 9.17) is 18.5 Å². The van der Waals surface area contributed by atoms with Crippen molar-refractivity contribution in [3.63, 3.8) is 0 Å². The predicted molar refractivity (Wildman–Crippen MR) is 171 cm³/mol. The lowest BCUT2D eigenvalue weighted by Gasteiger charge is -2.32. The van der Waals surface area contributed by atoms with Gasteiger partial charge in [-0.2, -0.15) is 5.09 Å². The van der Waals surface area contributed by atoms with Crippen molar-refractivity contribution in [3.8, 4) is 5.75 Å². The van der Waals surface area contributed by atoms with Crippen molar-refractivity contribution in [1.29, 1.82) is 0 Å². The fraction of sp³-hybridized carbons (Fsp3) is 0.344. The van der Waals surface area contributed by atoms with E-state index in [9.17, 15) is 34.7 Å². The summed E-state index contributed by atoms with van der Waals surface area (Å²) in [4.78, 5) is 41.2. The molecule has 0 aliphatic carbocycles. The third-order valence-corrected chi connectivity index (χ3v) is 9.28. The molecule has 3 aromatic carbocycles. The number of ether oxygens (including phenoxy) is 2. The molecule has 0 saturated carbocycles. The highest BCUT2D eigenvalue weighted by atomic mass is 31.2. The van der Waals surface area contributed by atoms with Gasteiger partial charge >= 0.3 is 13.7 Å². The summed E-state index contributed by atoms with van der Waals surface area (Å²) in [5, 5.41) is 29.5. The molecule has 1 amide bonds. The first-order chi connectivity index (χ1) is 22.9. The second kappa shape index (κ2) is 14.7. The van der Waals surface area contributed by atoms with Gasteiger partial charge in [-0.15, -0.1) is 0 Å². The summed E-state index contributed by atoms with van der Waals surface area (Å²) in [7, 11) is -4.69. The van der Waals surface area contributed by atoms with E-state index in [0.29, 0.717) is 5.39 Å². The van der Waals surface area contributed by atoms with Crippen LogP contribution in [-0.2, 0) is 39.6 Å². The van der Waals surface area contributed by atoms with Crippen molar-refractivity contribution in [1.82, 2.24) is 9.99 Å². The van der Waals surface area contributed by atoms with Crippen LogP contribution in [0.15, 0.2) is 90.2 Å². The third kappa shape index (κ3) is 7.59. The molecule has 15 nitrogen and oxygen atoms in total. The first kappa shape index (κ1) is 34.7. The van der Waals surface area contributed by atoms with Crippen molar-refractivity contribution >= 4 is 36.2 Å². The molecule has 3 aromatic rings. The van der Waals surface area contributed by atoms with Gasteiger partial charge in [-0.05, 0) is 34.5 Å². The minimum atomic E-state index is -4.69. The van der Waals surface area contributed by atoms with Gasteiger partial charge in [0.15, 0.2) is 12.0 Å². The molecule has 0 bridgehead atoms. The molecule has 0 aromatic heterocycles. The number of aliphatic hydroxyl groups excluding tert-OH is 2. The largest absolute Gasteiger partial charge is 0.460 e. The number of carbonyl (C=O) groups excluding carboxylic acids is 3. The van der Waals surface area contributed by atoms with E-state index in [0.717, 1.165) is 28.1 Å². The molecule has 252 valence electrons. The number of carbonyl (C=O) groups is 3. The lowest BCUT2D eigenvalue weighted by atomic mass is 10.1. The van der Waals surface area contributed by atoms with E-state index in [1.807, 2.05) is 18.2 Å². The molecule has 1 unspecified atom stereocenters. The third-order valence-electron chi connectivity index (χ3n) is 7.78. The zero-order chi connectivity index (χ0) is 34.5. The molecule has 2 aliphatic heterocycles. The van der Waals surface area contributed by atoms with Gasteiger partial charge in [-0.3, -0.25) is 23.8 Å². The van der Waals surface area contributed by atoms with Crippen molar-refractivity contribution in [2.45, 2.75) is 57.1 Å². The summed E-state index contributed by atoms with van der Waals surface area (Å²) in [6.07, 6.45) is -3.80. The maximum atomic E-state index is 14.7. The number of hydrogen-bond donors (Lipinski definition) is 3. The average molecular weight is 680 g/mol. The number of amides is 1. The Hall–Kier alpha value is -4.59. The number of aliphatic hydroxyl groups is 2. The topological polar surface area (TPSA) is 210 Å². The van der Waals surface area contributed by atoms with Crippen LogP contribution in [0.4, 0.5) is 0 Å². The van der Waals surface area contributed by atoms with Crippen LogP contribution in [0.5, 0.6) is 5.75 Å².